The molecular weight excluding hydrogens is 421 g/mol. The van der Waals surface area contributed by atoms with E-state index in [1.807, 2.05) is 30.3 Å². The summed E-state index contributed by atoms with van der Waals surface area (Å²) in [5.74, 6) is 0.0685. The number of carbonyl (C=O) groups excluding carboxylic acids is 1. The molecule has 0 spiro atoms. The molecule has 0 saturated carbocycles. The summed E-state index contributed by atoms with van der Waals surface area (Å²) in [7, 11) is 0. The smallest absolute Gasteiger partial charge is 0.254 e. The van der Waals surface area contributed by atoms with Crippen LogP contribution in [-0.4, -0.2) is 48.3 Å². The molecule has 1 atom stereocenters. The van der Waals surface area contributed by atoms with Crippen LogP contribution >= 0.6 is 0 Å². The van der Waals surface area contributed by atoms with E-state index >= 15 is 0 Å². The Kier molecular flexibility index (Phi) is 6.39. The van der Waals surface area contributed by atoms with E-state index in [1.54, 1.807) is 17.0 Å². The highest BCUT2D eigenvalue weighted by Crippen LogP contribution is 2.34. The van der Waals surface area contributed by atoms with E-state index in [-0.39, 0.29) is 12.0 Å². The van der Waals surface area contributed by atoms with Crippen LogP contribution in [0, 0.1) is 5.82 Å². The highest BCUT2D eigenvalue weighted by Gasteiger charge is 2.30. The molecule has 2 fully saturated rings. The Balaban J connectivity index is 1.52. The van der Waals surface area contributed by atoms with Crippen molar-refractivity contribution < 1.29 is 18.4 Å². The Morgan fingerprint density at radius 1 is 1.09 bits per heavy atom. The van der Waals surface area contributed by atoms with Gasteiger partial charge in [-0.25, -0.2) is 4.39 Å². The summed E-state index contributed by atoms with van der Waals surface area (Å²) in [4.78, 5) is 17.5. The van der Waals surface area contributed by atoms with E-state index in [0.29, 0.717) is 25.3 Å². The lowest BCUT2D eigenvalue weighted by molar-refractivity contribution is 0.0507. The molecule has 0 unspecified atom stereocenters. The van der Waals surface area contributed by atoms with Crippen LogP contribution in [0.1, 0.15) is 41.6 Å². The van der Waals surface area contributed by atoms with Gasteiger partial charge in [0.2, 0.25) is 5.88 Å². The van der Waals surface area contributed by atoms with Crippen LogP contribution in [0.25, 0.3) is 11.3 Å². The normalized spacial score (nSPS) is 18.1. The molecule has 0 aliphatic carbocycles. The third-order valence-corrected chi connectivity index (χ3v) is 6.36. The Hall–Kier alpha value is -3.19. The van der Waals surface area contributed by atoms with Crippen molar-refractivity contribution in [3.8, 4) is 11.3 Å². The van der Waals surface area contributed by atoms with Crippen LogP contribution < -0.4 is 4.90 Å². The molecule has 2 saturated heterocycles. The first-order chi connectivity index (χ1) is 16.2. The minimum atomic E-state index is -0.425. The number of nitrogens with zero attached hydrogens (tertiary/aromatic N) is 3. The molecule has 5 rings (SSSR count). The second kappa shape index (κ2) is 9.75. The van der Waals surface area contributed by atoms with Gasteiger partial charge >= 0.3 is 0 Å². The summed E-state index contributed by atoms with van der Waals surface area (Å²) in [5, 5.41) is 4.42. The van der Waals surface area contributed by atoms with Crippen LogP contribution in [0.4, 0.5) is 10.3 Å². The average Bonchev–Trinajstić information content (AvgIpc) is 3.61. The van der Waals surface area contributed by atoms with Gasteiger partial charge in [-0.3, -0.25) is 4.79 Å². The van der Waals surface area contributed by atoms with Crippen LogP contribution in [0.15, 0.2) is 59.1 Å². The fourth-order valence-electron chi connectivity index (χ4n) is 4.68. The molecule has 7 heteroatoms. The van der Waals surface area contributed by atoms with E-state index in [1.165, 1.54) is 12.1 Å². The second-order valence-electron chi connectivity index (χ2n) is 8.71. The molecule has 3 aromatic rings. The Bertz CT molecular complexity index is 1090. The number of amides is 1. The van der Waals surface area contributed by atoms with Crippen molar-refractivity contribution in [3.63, 3.8) is 0 Å². The molecule has 1 aromatic heterocycles. The van der Waals surface area contributed by atoms with Gasteiger partial charge in [0.15, 0.2) is 0 Å². The van der Waals surface area contributed by atoms with Crippen molar-refractivity contribution in [1.82, 2.24) is 10.1 Å². The van der Waals surface area contributed by atoms with Gasteiger partial charge in [-0.1, -0.05) is 41.6 Å². The Morgan fingerprint density at radius 3 is 2.64 bits per heavy atom. The van der Waals surface area contributed by atoms with Gasteiger partial charge in [-0.2, -0.15) is 0 Å². The summed E-state index contributed by atoms with van der Waals surface area (Å²) in [6.07, 6.45) is 4.05. The Morgan fingerprint density at radius 2 is 1.91 bits per heavy atom. The zero-order valence-electron chi connectivity index (χ0n) is 18.6. The number of hydrogen-bond acceptors (Lipinski definition) is 5. The third kappa shape index (κ3) is 4.78. The molecule has 2 aliphatic rings. The van der Waals surface area contributed by atoms with Crippen molar-refractivity contribution in [1.29, 1.82) is 0 Å². The van der Waals surface area contributed by atoms with Crippen molar-refractivity contribution in [3.05, 3.63) is 71.5 Å². The van der Waals surface area contributed by atoms with E-state index in [2.05, 4.69) is 10.1 Å². The lowest BCUT2D eigenvalue weighted by atomic mass is 10.1. The SMILES string of the molecule is O=C(c1cccc(F)c1)N(Cc1c(-c2ccccc2)noc1N1CCCC1)C[C@H]1CCCO1. The second-order valence-corrected chi connectivity index (χ2v) is 8.71. The number of ether oxygens (including phenoxy) is 1. The lowest BCUT2D eigenvalue weighted by Gasteiger charge is -2.27. The number of carbonyl (C=O) groups is 1. The van der Waals surface area contributed by atoms with Gasteiger partial charge in [-0.05, 0) is 43.9 Å². The largest absolute Gasteiger partial charge is 0.376 e. The van der Waals surface area contributed by atoms with Crippen LogP contribution in [-0.2, 0) is 11.3 Å². The first-order valence-corrected chi connectivity index (χ1v) is 11.6. The molecular formula is C26H28FN3O3. The molecule has 0 radical (unpaired) electrons. The quantitative estimate of drug-likeness (QED) is 0.513. The van der Waals surface area contributed by atoms with Crippen molar-refractivity contribution in [2.75, 3.05) is 31.1 Å². The maximum Gasteiger partial charge on any atom is 0.254 e. The van der Waals surface area contributed by atoms with E-state index in [4.69, 9.17) is 9.26 Å². The van der Waals surface area contributed by atoms with Crippen molar-refractivity contribution >= 4 is 11.8 Å². The van der Waals surface area contributed by atoms with E-state index in [0.717, 1.165) is 61.5 Å². The minimum absolute atomic E-state index is 0.0298. The van der Waals surface area contributed by atoms with Gasteiger partial charge in [0.25, 0.3) is 5.91 Å². The zero-order valence-corrected chi connectivity index (χ0v) is 18.6. The summed E-state index contributed by atoms with van der Waals surface area (Å²) >= 11 is 0. The molecule has 2 aromatic carbocycles. The molecule has 0 bridgehead atoms. The molecule has 0 N–H and O–H groups in total. The maximum atomic E-state index is 13.9. The van der Waals surface area contributed by atoms with Crippen LogP contribution in [0.2, 0.25) is 0 Å². The van der Waals surface area contributed by atoms with Gasteiger partial charge in [0.1, 0.15) is 11.5 Å². The standard InChI is InChI=1S/C26H28FN3O3/c27-21-11-6-10-20(16-21)25(31)30(17-22-12-7-15-32-22)18-23-24(19-8-2-1-3-9-19)28-33-26(23)29-13-4-5-14-29/h1-3,6,8-11,16,22H,4-5,7,12-15,17-18H2/t22-/m1/s1. The Labute approximate surface area is 192 Å². The number of benzene rings is 2. The highest BCUT2D eigenvalue weighted by atomic mass is 19.1. The topological polar surface area (TPSA) is 58.8 Å². The summed E-state index contributed by atoms with van der Waals surface area (Å²) < 4.78 is 25.6. The molecule has 6 nitrogen and oxygen atoms in total. The summed E-state index contributed by atoms with van der Waals surface area (Å²) in [6.45, 7) is 3.26. The summed E-state index contributed by atoms with van der Waals surface area (Å²) in [6, 6.07) is 15.7. The van der Waals surface area contributed by atoms with E-state index in [9.17, 15) is 9.18 Å². The van der Waals surface area contributed by atoms with Crippen molar-refractivity contribution in [2.45, 2.75) is 38.3 Å². The minimum Gasteiger partial charge on any atom is -0.376 e. The molecule has 172 valence electrons. The first kappa shape index (κ1) is 21.6. The van der Waals surface area contributed by atoms with E-state index < -0.39 is 5.82 Å². The molecule has 3 heterocycles. The van der Waals surface area contributed by atoms with Crippen LogP contribution in [0.3, 0.4) is 0 Å². The first-order valence-electron chi connectivity index (χ1n) is 11.6. The number of hydrogen-bond donors (Lipinski definition) is 0. The summed E-state index contributed by atoms with van der Waals surface area (Å²) in [5.41, 5.74) is 2.89. The average molecular weight is 450 g/mol. The molecule has 2 aliphatic heterocycles. The number of rotatable bonds is 7. The van der Waals surface area contributed by atoms with Crippen LogP contribution in [0.5, 0.6) is 0 Å². The third-order valence-electron chi connectivity index (χ3n) is 6.36. The van der Waals surface area contributed by atoms with Gasteiger partial charge < -0.3 is 19.1 Å². The molecule has 1 amide bonds. The monoisotopic (exact) mass is 449 g/mol. The number of aromatic nitrogens is 1. The predicted octanol–water partition coefficient (Wildman–Crippen LogP) is 4.90. The fraction of sp³-hybridized carbons (Fsp3) is 0.385. The number of halogens is 1. The van der Waals surface area contributed by atoms with Gasteiger partial charge in [0.05, 0.1) is 18.2 Å². The predicted molar refractivity (Wildman–Crippen MR) is 124 cm³/mol. The molecule has 33 heavy (non-hydrogen) atoms. The maximum absolute atomic E-state index is 13.9. The van der Waals surface area contributed by atoms with Gasteiger partial charge in [0, 0.05) is 37.4 Å². The lowest BCUT2D eigenvalue weighted by Crippen LogP contribution is -2.37. The van der Waals surface area contributed by atoms with Gasteiger partial charge in [-0.15, -0.1) is 0 Å². The van der Waals surface area contributed by atoms with Crippen molar-refractivity contribution in [2.24, 2.45) is 0 Å². The highest BCUT2D eigenvalue weighted by molar-refractivity contribution is 5.94. The fourth-order valence-corrected chi connectivity index (χ4v) is 4.68. The zero-order chi connectivity index (χ0) is 22.6. The number of anilines is 1.